The van der Waals surface area contributed by atoms with Crippen LogP contribution >= 0.6 is 0 Å². The fraction of sp³-hybridized carbons (Fsp3) is 0.875. The Morgan fingerprint density at radius 2 is 2.00 bits per heavy atom. The third kappa shape index (κ3) is 1.54. The molecule has 52 valence electrons. The summed E-state index contributed by atoms with van der Waals surface area (Å²) in [5.74, 6) is 0. The topological polar surface area (TPSA) is 14.0 Å². The number of nitrogens with one attached hydrogen (secondary N) is 1. The van der Waals surface area contributed by atoms with Crippen LogP contribution in [0, 0.1) is 5.41 Å². The van der Waals surface area contributed by atoms with Crippen LogP contribution in [0.4, 0.5) is 0 Å². The second-order valence-electron chi connectivity index (χ2n) is 3.76. The van der Waals surface area contributed by atoms with Crippen LogP contribution in [0.25, 0.3) is 0 Å². The SMILES string of the molecule is CC(C)(C)C1=[NH+]CCC1. The fourth-order valence-corrected chi connectivity index (χ4v) is 1.23. The molecule has 0 atom stereocenters. The van der Waals surface area contributed by atoms with Gasteiger partial charge >= 0.3 is 0 Å². The predicted octanol–water partition coefficient (Wildman–Crippen LogP) is 0.348. The number of hydrogen-bond acceptors (Lipinski definition) is 0. The third-order valence-electron chi connectivity index (χ3n) is 1.85. The van der Waals surface area contributed by atoms with Crippen molar-refractivity contribution in [2.45, 2.75) is 33.6 Å². The van der Waals surface area contributed by atoms with E-state index in [1.54, 1.807) is 0 Å². The van der Waals surface area contributed by atoms with E-state index in [-0.39, 0.29) is 0 Å². The van der Waals surface area contributed by atoms with Crippen molar-refractivity contribution in [2.24, 2.45) is 5.41 Å². The molecule has 0 radical (unpaired) electrons. The molecule has 0 fully saturated rings. The van der Waals surface area contributed by atoms with Crippen LogP contribution in [0.3, 0.4) is 0 Å². The molecule has 1 aliphatic rings. The molecule has 0 aromatic carbocycles. The summed E-state index contributed by atoms with van der Waals surface area (Å²) in [6, 6.07) is 0. The van der Waals surface area contributed by atoms with Crippen molar-refractivity contribution in [2.75, 3.05) is 6.54 Å². The summed E-state index contributed by atoms with van der Waals surface area (Å²) in [4.78, 5) is 3.41. The third-order valence-corrected chi connectivity index (χ3v) is 1.85. The molecule has 0 aliphatic carbocycles. The average Bonchev–Trinajstić information content (AvgIpc) is 2.08. The molecular weight excluding hydrogens is 110 g/mol. The standard InChI is InChI=1S/C8H15N/c1-8(2,3)7-5-4-6-9-7/h4-6H2,1-3H3/p+1. The number of hydrogen-bond donors (Lipinski definition) is 1. The Bertz CT molecular complexity index is 128. The Balaban J connectivity index is 2.61. The molecule has 0 unspecified atom stereocenters. The maximum absolute atomic E-state index is 3.41. The van der Waals surface area contributed by atoms with Crippen LogP contribution in [0.15, 0.2) is 0 Å². The summed E-state index contributed by atoms with van der Waals surface area (Å²) in [6.07, 6.45) is 2.61. The van der Waals surface area contributed by atoms with Crippen molar-refractivity contribution in [3.63, 3.8) is 0 Å². The molecule has 0 aromatic rings. The van der Waals surface area contributed by atoms with E-state index in [0.717, 1.165) is 0 Å². The van der Waals surface area contributed by atoms with Crippen molar-refractivity contribution in [1.29, 1.82) is 0 Å². The Kier molecular flexibility index (Phi) is 1.60. The van der Waals surface area contributed by atoms with Gasteiger partial charge in [-0.2, -0.15) is 0 Å². The van der Waals surface area contributed by atoms with E-state index in [2.05, 4.69) is 25.8 Å². The van der Waals surface area contributed by atoms with Gasteiger partial charge in [-0.1, -0.05) is 20.8 Å². The molecule has 0 spiro atoms. The van der Waals surface area contributed by atoms with Gasteiger partial charge in [0.1, 0.15) is 6.54 Å². The average molecular weight is 126 g/mol. The molecule has 1 nitrogen and oxygen atoms in total. The van der Waals surface area contributed by atoms with E-state index < -0.39 is 0 Å². The van der Waals surface area contributed by atoms with Gasteiger partial charge in [0.15, 0.2) is 5.71 Å². The van der Waals surface area contributed by atoms with Gasteiger partial charge in [0, 0.05) is 18.3 Å². The van der Waals surface area contributed by atoms with Gasteiger partial charge in [0.25, 0.3) is 0 Å². The molecule has 0 bridgehead atoms. The molecule has 1 rings (SSSR count). The first kappa shape index (κ1) is 6.79. The highest BCUT2D eigenvalue weighted by molar-refractivity contribution is 5.84. The van der Waals surface area contributed by atoms with E-state index >= 15 is 0 Å². The molecule has 1 aliphatic heterocycles. The van der Waals surface area contributed by atoms with Gasteiger partial charge in [-0.15, -0.1) is 0 Å². The van der Waals surface area contributed by atoms with Crippen LogP contribution in [0.5, 0.6) is 0 Å². The normalized spacial score (nSPS) is 20.1. The zero-order valence-electron chi connectivity index (χ0n) is 6.62. The summed E-state index contributed by atoms with van der Waals surface area (Å²) in [5, 5.41) is 0. The van der Waals surface area contributed by atoms with E-state index in [0.29, 0.717) is 5.41 Å². The first-order chi connectivity index (χ1) is 4.11. The molecule has 1 N–H and O–H groups in total. The van der Waals surface area contributed by atoms with Gasteiger partial charge in [-0.25, -0.2) is 4.99 Å². The predicted molar refractivity (Wildman–Crippen MR) is 39.5 cm³/mol. The molecule has 0 aromatic heterocycles. The maximum Gasteiger partial charge on any atom is 0.156 e. The highest BCUT2D eigenvalue weighted by atomic mass is 14.8. The molecule has 0 amide bonds. The summed E-state index contributed by atoms with van der Waals surface area (Å²) < 4.78 is 0. The van der Waals surface area contributed by atoms with Crippen LogP contribution in [-0.4, -0.2) is 12.3 Å². The van der Waals surface area contributed by atoms with Crippen LogP contribution in [0.2, 0.25) is 0 Å². The first-order valence-corrected chi connectivity index (χ1v) is 3.71. The second-order valence-corrected chi connectivity index (χ2v) is 3.76. The van der Waals surface area contributed by atoms with Gasteiger partial charge < -0.3 is 0 Å². The largest absolute Gasteiger partial charge is 0.249 e. The lowest BCUT2D eigenvalue weighted by molar-refractivity contribution is -0.451. The van der Waals surface area contributed by atoms with Crippen molar-refractivity contribution in [3.8, 4) is 0 Å². The number of rotatable bonds is 0. The second kappa shape index (κ2) is 2.13. The van der Waals surface area contributed by atoms with Gasteiger partial charge in [0.2, 0.25) is 0 Å². The summed E-state index contributed by atoms with van der Waals surface area (Å²) in [7, 11) is 0. The molecule has 9 heavy (non-hydrogen) atoms. The zero-order chi connectivity index (χ0) is 6.91. The minimum Gasteiger partial charge on any atom is -0.249 e. The van der Waals surface area contributed by atoms with E-state index in [1.165, 1.54) is 25.1 Å². The van der Waals surface area contributed by atoms with Gasteiger partial charge in [-0.3, -0.25) is 0 Å². The van der Waals surface area contributed by atoms with E-state index in [1.807, 2.05) is 0 Å². The molecule has 1 heteroatoms. The lowest BCUT2D eigenvalue weighted by atomic mass is 9.88. The summed E-state index contributed by atoms with van der Waals surface area (Å²) in [6.45, 7) is 7.98. The Labute approximate surface area is 57.2 Å². The van der Waals surface area contributed by atoms with Crippen LogP contribution in [0.1, 0.15) is 33.6 Å². The summed E-state index contributed by atoms with van der Waals surface area (Å²) >= 11 is 0. The summed E-state index contributed by atoms with van der Waals surface area (Å²) in [5.41, 5.74) is 1.92. The van der Waals surface area contributed by atoms with E-state index in [4.69, 9.17) is 0 Å². The van der Waals surface area contributed by atoms with Crippen molar-refractivity contribution >= 4 is 5.71 Å². The highest BCUT2D eigenvalue weighted by Gasteiger charge is 2.26. The smallest absolute Gasteiger partial charge is 0.156 e. The van der Waals surface area contributed by atoms with Crippen LogP contribution in [-0.2, 0) is 0 Å². The minimum atomic E-state index is 0.385. The highest BCUT2D eigenvalue weighted by Crippen LogP contribution is 2.16. The lowest BCUT2D eigenvalue weighted by Gasteiger charge is -2.12. The van der Waals surface area contributed by atoms with Crippen LogP contribution < -0.4 is 4.99 Å². The minimum absolute atomic E-state index is 0.385. The Morgan fingerprint density at radius 1 is 1.33 bits per heavy atom. The van der Waals surface area contributed by atoms with Crippen molar-refractivity contribution in [3.05, 3.63) is 0 Å². The molecule has 0 saturated heterocycles. The van der Waals surface area contributed by atoms with Crippen molar-refractivity contribution < 1.29 is 4.99 Å². The monoisotopic (exact) mass is 126 g/mol. The van der Waals surface area contributed by atoms with E-state index in [9.17, 15) is 0 Å². The molecular formula is C8H16N+. The fourth-order valence-electron chi connectivity index (χ4n) is 1.23. The Hall–Kier alpha value is -0.330. The molecule has 1 heterocycles. The Morgan fingerprint density at radius 3 is 2.22 bits per heavy atom. The maximum atomic E-state index is 3.41. The van der Waals surface area contributed by atoms with Crippen molar-refractivity contribution in [1.82, 2.24) is 0 Å². The van der Waals surface area contributed by atoms with Gasteiger partial charge in [0.05, 0.1) is 0 Å². The first-order valence-electron chi connectivity index (χ1n) is 3.71. The zero-order valence-corrected chi connectivity index (χ0v) is 6.62. The molecule has 0 saturated carbocycles. The quantitative estimate of drug-likeness (QED) is 0.481. The lowest BCUT2D eigenvalue weighted by Crippen LogP contribution is -2.71. The van der Waals surface area contributed by atoms with Gasteiger partial charge in [-0.05, 0) is 0 Å².